The van der Waals surface area contributed by atoms with Gasteiger partial charge in [-0.05, 0) is 36.6 Å². The third kappa shape index (κ3) is 7.19. The van der Waals surface area contributed by atoms with E-state index in [0.717, 1.165) is 38.3 Å². The summed E-state index contributed by atoms with van der Waals surface area (Å²) in [5.41, 5.74) is 3.73. The minimum absolute atomic E-state index is 0. The van der Waals surface area contributed by atoms with Crippen LogP contribution in [0.5, 0.6) is 5.75 Å². The van der Waals surface area contributed by atoms with Gasteiger partial charge in [0, 0.05) is 32.2 Å². The molecule has 1 fully saturated rings. The standard InChI is InChI=1S/C22H28N2O.2ClH/c1-18(2)15-22(24-13-11-23-12-14-24)20-9-6-10-21(16-20)25-17-19-7-4-3-5-8-19;;/h3-10,16,22-23H,1,11-15,17H2,2H3;2*1H/t22-;;/m1../s1. The minimum atomic E-state index is 0. The Morgan fingerprint density at radius 1 is 1.07 bits per heavy atom. The van der Waals surface area contributed by atoms with E-state index in [2.05, 4.69) is 54.1 Å². The van der Waals surface area contributed by atoms with E-state index in [1.54, 1.807) is 0 Å². The van der Waals surface area contributed by atoms with Gasteiger partial charge in [0.15, 0.2) is 0 Å². The molecule has 1 atom stereocenters. The van der Waals surface area contributed by atoms with E-state index in [0.29, 0.717) is 12.6 Å². The Bertz CT molecular complexity index is 688. The van der Waals surface area contributed by atoms with Crippen LogP contribution in [0.2, 0.25) is 0 Å². The molecule has 1 N–H and O–H groups in total. The van der Waals surface area contributed by atoms with Gasteiger partial charge in [0.2, 0.25) is 0 Å². The molecule has 0 aromatic heterocycles. The molecule has 0 spiro atoms. The second kappa shape index (κ2) is 12.0. The van der Waals surface area contributed by atoms with E-state index >= 15 is 0 Å². The van der Waals surface area contributed by atoms with Crippen molar-refractivity contribution in [2.24, 2.45) is 0 Å². The van der Waals surface area contributed by atoms with Crippen molar-refractivity contribution in [2.45, 2.75) is 26.0 Å². The van der Waals surface area contributed by atoms with Crippen molar-refractivity contribution in [3.8, 4) is 5.75 Å². The van der Waals surface area contributed by atoms with E-state index in [9.17, 15) is 0 Å². The average Bonchev–Trinajstić information content (AvgIpc) is 2.66. The normalized spacial score (nSPS) is 15.1. The molecule has 27 heavy (non-hydrogen) atoms. The average molecular weight is 409 g/mol. The van der Waals surface area contributed by atoms with Gasteiger partial charge in [-0.2, -0.15) is 0 Å². The molecule has 2 aromatic rings. The van der Waals surface area contributed by atoms with E-state index in [4.69, 9.17) is 4.74 Å². The summed E-state index contributed by atoms with van der Waals surface area (Å²) in [7, 11) is 0. The molecular weight excluding hydrogens is 379 g/mol. The number of hydrogen-bond acceptors (Lipinski definition) is 3. The summed E-state index contributed by atoms with van der Waals surface area (Å²) in [6, 6.07) is 19.2. The largest absolute Gasteiger partial charge is 0.489 e. The van der Waals surface area contributed by atoms with Crippen molar-refractivity contribution in [2.75, 3.05) is 26.2 Å². The zero-order valence-electron chi connectivity index (χ0n) is 15.9. The van der Waals surface area contributed by atoms with Gasteiger partial charge in [-0.1, -0.05) is 48.0 Å². The number of ether oxygens (including phenoxy) is 1. The van der Waals surface area contributed by atoms with Gasteiger partial charge in [-0.3, -0.25) is 4.90 Å². The highest BCUT2D eigenvalue weighted by Gasteiger charge is 2.22. The predicted octanol–water partition coefficient (Wildman–Crippen LogP) is 5.02. The lowest BCUT2D eigenvalue weighted by atomic mass is 9.97. The first-order valence-electron chi connectivity index (χ1n) is 9.08. The third-order valence-electron chi connectivity index (χ3n) is 4.63. The van der Waals surface area contributed by atoms with Crippen molar-refractivity contribution in [3.63, 3.8) is 0 Å². The minimum Gasteiger partial charge on any atom is -0.489 e. The molecule has 0 radical (unpaired) electrons. The fourth-order valence-electron chi connectivity index (χ4n) is 3.33. The zero-order valence-corrected chi connectivity index (χ0v) is 17.5. The summed E-state index contributed by atoms with van der Waals surface area (Å²) in [4.78, 5) is 2.56. The highest BCUT2D eigenvalue weighted by Crippen LogP contribution is 2.30. The Balaban J connectivity index is 0.00000182. The van der Waals surface area contributed by atoms with Crippen LogP contribution in [0.15, 0.2) is 66.7 Å². The summed E-state index contributed by atoms with van der Waals surface area (Å²) < 4.78 is 6.02. The van der Waals surface area contributed by atoms with Crippen LogP contribution in [-0.4, -0.2) is 31.1 Å². The third-order valence-corrected chi connectivity index (χ3v) is 4.63. The van der Waals surface area contributed by atoms with Gasteiger partial charge < -0.3 is 10.1 Å². The number of rotatable bonds is 7. The van der Waals surface area contributed by atoms with Crippen molar-refractivity contribution in [1.82, 2.24) is 10.2 Å². The maximum absolute atomic E-state index is 6.02. The van der Waals surface area contributed by atoms with Crippen LogP contribution in [0.25, 0.3) is 0 Å². The Labute approximate surface area is 175 Å². The van der Waals surface area contributed by atoms with Crippen molar-refractivity contribution in [3.05, 3.63) is 77.9 Å². The number of nitrogens with zero attached hydrogens (tertiary/aromatic N) is 1. The monoisotopic (exact) mass is 408 g/mol. The van der Waals surface area contributed by atoms with E-state index in [1.165, 1.54) is 16.7 Å². The molecule has 0 saturated carbocycles. The predicted molar refractivity (Wildman–Crippen MR) is 118 cm³/mol. The van der Waals surface area contributed by atoms with E-state index < -0.39 is 0 Å². The summed E-state index contributed by atoms with van der Waals surface area (Å²) in [6.45, 7) is 11.1. The molecule has 0 amide bonds. The Kier molecular flexibility index (Phi) is 10.5. The molecule has 3 rings (SSSR count). The fraction of sp³-hybridized carbons (Fsp3) is 0.364. The molecule has 0 unspecified atom stereocenters. The number of benzene rings is 2. The lowest BCUT2D eigenvalue weighted by molar-refractivity contribution is 0.172. The first-order chi connectivity index (χ1) is 12.2. The molecule has 1 aliphatic rings. The number of piperazine rings is 1. The second-order valence-corrected chi connectivity index (χ2v) is 6.81. The highest BCUT2D eigenvalue weighted by molar-refractivity contribution is 5.85. The van der Waals surface area contributed by atoms with Crippen molar-refractivity contribution < 1.29 is 4.74 Å². The van der Waals surface area contributed by atoms with Crippen LogP contribution in [0.4, 0.5) is 0 Å². The molecule has 1 heterocycles. The van der Waals surface area contributed by atoms with Crippen LogP contribution in [0, 0.1) is 0 Å². The van der Waals surface area contributed by atoms with Gasteiger partial charge in [-0.25, -0.2) is 0 Å². The molecule has 1 aliphatic heterocycles. The van der Waals surface area contributed by atoms with Crippen molar-refractivity contribution >= 4 is 24.8 Å². The Morgan fingerprint density at radius 2 is 1.78 bits per heavy atom. The van der Waals surface area contributed by atoms with Gasteiger partial charge >= 0.3 is 0 Å². The highest BCUT2D eigenvalue weighted by atomic mass is 35.5. The fourth-order valence-corrected chi connectivity index (χ4v) is 3.33. The molecule has 0 bridgehead atoms. The lowest BCUT2D eigenvalue weighted by Gasteiger charge is -2.35. The lowest BCUT2D eigenvalue weighted by Crippen LogP contribution is -2.45. The van der Waals surface area contributed by atoms with Crippen LogP contribution in [0.3, 0.4) is 0 Å². The number of nitrogens with one attached hydrogen (secondary N) is 1. The smallest absolute Gasteiger partial charge is 0.120 e. The van der Waals surface area contributed by atoms with Gasteiger partial charge in [-0.15, -0.1) is 31.4 Å². The molecular formula is C22H30Cl2N2O. The number of halogens is 2. The van der Waals surface area contributed by atoms with Crippen LogP contribution in [0.1, 0.15) is 30.5 Å². The van der Waals surface area contributed by atoms with Crippen LogP contribution < -0.4 is 10.1 Å². The summed E-state index contributed by atoms with van der Waals surface area (Å²) in [5.74, 6) is 0.934. The SMILES string of the molecule is C=C(C)C[C@H](c1cccc(OCc2ccccc2)c1)N1CCNCC1.Cl.Cl. The first kappa shape index (κ1) is 23.5. The Morgan fingerprint density at radius 3 is 2.44 bits per heavy atom. The molecule has 1 saturated heterocycles. The molecule has 3 nitrogen and oxygen atoms in total. The quantitative estimate of drug-likeness (QED) is 0.650. The van der Waals surface area contributed by atoms with Crippen LogP contribution in [-0.2, 0) is 6.61 Å². The van der Waals surface area contributed by atoms with Gasteiger partial charge in [0.05, 0.1) is 0 Å². The van der Waals surface area contributed by atoms with E-state index in [-0.39, 0.29) is 24.8 Å². The van der Waals surface area contributed by atoms with Crippen molar-refractivity contribution in [1.29, 1.82) is 0 Å². The summed E-state index contributed by atoms with van der Waals surface area (Å²) >= 11 is 0. The molecule has 5 heteroatoms. The maximum Gasteiger partial charge on any atom is 0.120 e. The van der Waals surface area contributed by atoms with Crippen LogP contribution >= 0.6 is 24.8 Å². The first-order valence-corrected chi connectivity index (χ1v) is 9.08. The topological polar surface area (TPSA) is 24.5 Å². The molecule has 2 aromatic carbocycles. The number of hydrogen-bond donors (Lipinski definition) is 1. The summed E-state index contributed by atoms with van der Waals surface area (Å²) in [6.07, 6.45) is 0.988. The summed E-state index contributed by atoms with van der Waals surface area (Å²) in [5, 5.41) is 3.44. The second-order valence-electron chi connectivity index (χ2n) is 6.81. The van der Waals surface area contributed by atoms with Gasteiger partial charge in [0.1, 0.15) is 12.4 Å². The van der Waals surface area contributed by atoms with E-state index in [1.807, 2.05) is 24.3 Å². The molecule has 148 valence electrons. The zero-order chi connectivity index (χ0) is 17.5. The van der Waals surface area contributed by atoms with Gasteiger partial charge in [0.25, 0.3) is 0 Å². The Hall–Kier alpha value is -1.52. The maximum atomic E-state index is 6.02. The molecule has 0 aliphatic carbocycles.